The first-order chi connectivity index (χ1) is 17.2. The molecule has 0 spiro atoms. The smallest absolute Gasteiger partial charge is 0.341 e. The molecule has 1 aliphatic carbocycles. The van der Waals surface area contributed by atoms with Crippen molar-refractivity contribution in [3.63, 3.8) is 0 Å². The van der Waals surface area contributed by atoms with Crippen LogP contribution in [0.2, 0.25) is 0 Å². The number of thiophene rings is 2. The van der Waals surface area contributed by atoms with Gasteiger partial charge in [-0.2, -0.15) is 0 Å². The largest absolute Gasteiger partial charge is 0.456 e. The third-order valence-electron chi connectivity index (χ3n) is 6.64. The molecule has 7 nitrogen and oxygen atoms in total. The van der Waals surface area contributed by atoms with E-state index in [1.54, 1.807) is 11.3 Å². The fraction of sp³-hybridized carbons (Fsp3) is 0.481. The van der Waals surface area contributed by atoms with E-state index in [1.165, 1.54) is 26.7 Å². The van der Waals surface area contributed by atoms with Crippen molar-refractivity contribution in [3.8, 4) is 5.00 Å². The Balaban J connectivity index is 1.44. The molecule has 0 atom stereocenters. The van der Waals surface area contributed by atoms with Crippen molar-refractivity contribution >= 4 is 45.4 Å². The summed E-state index contributed by atoms with van der Waals surface area (Å²) in [5.41, 5.74) is 3.03. The van der Waals surface area contributed by atoms with E-state index in [9.17, 15) is 9.59 Å². The second kappa shape index (κ2) is 10.0. The number of nitrogens with zero attached hydrogens (tertiary/aromatic N) is 2. The van der Waals surface area contributed by atoms with E-state index in [2.05, 4.69) is 27.0 Å². The third kappa shape index (κ3) is 5.10. The van der Waals surface area contributed by atoms with Gasteiger partial charge in [-0.15, -0.1) is 22.7 Å². The van der Waals surface area contributed by atoms with Crippen LogP contribution in [0.1, 0.15) is 71.8 Å². The number of carbonyl (C=O) groups excluding carboxylic acids is 2. The minimum absolute atomic E-state index is 0.328. The Morgan fingerprint density at radius 1 is 1.00 bits per heavy atom. The van der Waals surface area contributed by atoms with Crippen LogP contribution in [0.5, 0.6) is 0 Å². The number of likely N-dealkylation sites (N-methyl/N-ethyl adjacent to an activating group) is 1. The summed E-state index contributed by atoms with van der Waals surface area (Å²) in [6.07, 6.45) is 8.82. The summed E-state index contributed by atoms with van der Waals surface area (Å²) in [5.74, 6) is -0.363. The zero-order chi connectivity index (χ0) is 25.4. The Kier molecular flexibility index (Phi) is 6.98. The molecule has 2 amide bonds. The van der Waals surface area contributed by atoms with Gasteiger partial charge in [0.15, 0.2) is 0 Å². The number of fused-ring (bicyclic) bond motifs is 2. The number of urea groups is 1. The monoisotopic (exact) mass is 526 g/mol. The summed E-state index contributed by atoms with van der Waals surface area (Å²) >= 11 is 3.24. The summed E-state index contributed by atoms with van der Waals surface area (Å²) in [5, 5.41) is 7.77. The van der Waals surface area contributed by atoms with Crippen LogP contribution < -0.4 is 10.6 Å². The van der Waals surface area contributed by atoms with E-state index < -0.39 is 5.60 Å². The van der Waals surface area contributed by atoms with Crippen molar-refractivity contribution in [2.45, 2.75) is 71.9 Å². The first kappa shape index (κ1) is 25.0. The lowest BCUT2D eigenvalue weighted by Crippen LogP contribution is -2.30. The zero-order valence-electron chi connectivity index (χ0n) is 21.4. The second-order valence-corrected chi connectivity index (χ2v) is 12.6. The molecular weight excluding hydrogens is 492 g/mol. The number of hydrogen-bond donors (Lipinski definition) is 2. The maximum Gasteiger partial charge on any atom is 0.341 e. The molecule has 0 unspecified atom stereocenters. The number of anilines is 2. The first-order valence-electron chi connectivity index (χ1n) is 12.7. The van der Waals surface area contributed by atoms with Crippen molar-refractivity contribution < 1.29 is 14.3 Å². The normalized spacial score (nSPS) is 15.8. The van der Waals surface area contributed by atoms with Gasteiger partial charge < -0.3 is 14.6 Å². The van der Waals surface area contributed by atoms with Gasteiger partial charge in [-0.25, -0.2) is 9.59 Å². The Morgan fingerprint density at radius 3 is 2.47 bits per heavy atom. The molecule has 3 aromatic rings. The number of carbonyl (C=O) groups is 2. The quantitative estimate of drug-likeness (QED) is 0.374. The summed E-state index contributed by atoms with van der Waals surface area (Å²) in [6, 6.07) is 3.65. The number of aryl methyl sites for hydroxylation is 1. The van der Waals surface area contributed by atoms with Gasteiger partial charge in [0.2, 0.25) is 0 Å². The highest BCUT2D eigenvalue weighted by Gasteiger charge is 2.31. The van der Waals surface area contributed by atoms with Crippen molar-refractivity contribution in [2.75, 3.05) is 23.7 Å². The number of ether oxygens (including phenoxy) is 1. The molecule has 4 heterocycles. The van der Waals surface area contributed by atoms with Gasteiger partial charge >= 0.3 is 12.0 Å². The topological polar surface area (TPSA) is 75.6 Å². The van der Waals surface area contributed by atoms with E-state index >= 15 is 0 Å². The van der Waals surface area contributed by atoms with Crippen molar-refractivity contribution in [2.24, 2.45) is 0 Å². The second-order valence-electron chi connectivity index (χ2n) is 10.4. The lowest BCUT2D eigenvalue weighted by atomic mass is 9.95. The molecule has 1 aliphatic heterocycles. The average molecular weight is 527 g/mol. The van der Waals surface area contributed by atoms with E-state index in [0.717, 1.165) is 68.0 Å². The summed E-state index contributed by atoms with van der Waals surface area (Å²) in [7, 11) is 0. The third-order valence-corrected chi connectivity index (χ3v) is 9.08. The van der Waals surface area contributed by atoms with E-state index in [-0.39, 0.29) is 12.0 Å². The van der Waals surface area contributed by atoms with Gasteiger partial charge in [-0.05, 0) is 82.7 Å². The highest BCUT2D eigenvalue weighted by Crippen LogP contribution is 2.41. The molecule has 3 aromatic heterocycles. The minimum atomic E-state index is -0.603. The molecule has 0 saturated heterocycles. The molecule has 0 fully saturated rings. The van der Waals surface area contributed by atoms with Gasteiger partial charge in [0.1, 0.15) is 15.6 Å². The van der Waals surface area contributed by atoms with Crippen LogP contribution >= 0.6 is 22.7 Å². The number of hydrogen-bond acceptors (Lipinski definition) is 6. The highest BCUT2D eigenvalue weighted by molar-refractivity contribution is 7.17. The van der Waals surface area contributed by atoms with Crippen LogP contribution in [0.4, 0.5) is 15.5 Å². The Morgan fingerprint density at radius 2 is 1.75 bits per heavy atom. The first-order valence-corrected chi connectivity index (χ1v) is 14.3. The van der Waals surface area contributed by atoms with E-state index in [0.29, 0.717) is 10.6 Å². The molecule has 0 saturated carbocycles. The number of nitrogens with one attached hydrogen (secondary N) is 2. The maximum absolute atomic E-state index is 13.4. The molecule has 9 heteroatoms. The van der Waals surface area contributed by atoms with Gasteiger partial charge in [0, 0.05) is 35.2 Å². The minimum Gasteiger partial charge on any atom is -0.456 e. The van der Waals surface area contributed by atoms with Crippen molar-refractivity contribution in [1.82, 2.24) is 9.47 Å². The molecule has 0 radical (unpaired) electrons. The van der Waals surface area contributed by atoms with Gasteiger partial charge in [-0.3, -0.25) is 10.2 Å². The molecule has 0 aromatic carbocycles. The lowest BCUT2D eigenvalue weighted by Gasteiger charge is -2.25. The van der Waals surface area contributed by atoms with Gasteiger partial charge in [0.25, 0.3) is 0 Å². The summed E-state index contributed by atoms with van der Waals surface area (Å²) in [6.45, 7) is 10.7. The molecule has 5 rings (SSSR count). The standard InChI is InChI=1S/C27H34N4O3S2/c1-5-30-15-12-18-20(16-30)36-24(31-13-8-9-14-31)22(18)28-26(33)29-23-21(25(32)34-27(2,3)4)17-10-6-7-11-19(17)35-23/h8-9,13-14H,5-7,10-12,15-16H2,1-4H3,(H2,28,29,33). The molecule has 0 bridgehead atoms. The van der Waals surface area contributed by atoms with E-state index in [4.69, 9.17) is 4.74 Å². The van der Waals surface area contributed by atoms with Crippen LogP contribution in [-0.2, 0) is 30.5 Å². The van der Waals surface area contributed by atoms with Crippen molar-refractivity contribution in [3.05, 3.63) is 51.0 Å². The van der Waals surface area contributed by atoms with E-state index in [1.807, 2.05) is 45.3 Å². The molecule has 192 valence electrons. The lowest BCUT2D eigenvalue weighted by molar-refractivity contribution is 0.00699. The van der Waals surface area contributed by atoms with Crippen LogP contribution in [-0.4, -0.2) is 40.2 Å². The number of esters is 1. The van der Waals surface area contributed by atoms with Gasteiger partial charge in [-0.1, -0.05) is 6.92 Å². The van der Waals surface area contributed by atoms with Crippen LogP contribution in [0.25, 0.3) is 5.00 Å². The predicted octanol–water partition coefficient (Wildman–Crippen LogP) is 6.46. The Bertz CT molecular complexity index is 1270. The van der Waals surface area contributed by atoms with Crippen LogP contribution in [0.3, 0.4) is 0 Å². The van der Waals surface area contributed by atoms with Crippen LogP contribution in [0, 0.1) is 0 Å². The number of rotatable bonds is 5. The van der Waals surface area contributed by atoms with Gasteiger partial charge in [0.05, 0.1) is 11.3 Å². The number of aromatic nitrogens is 1. The Labute approximate surface area is 220 Å². The maximum atomic E-state index is 13.4. The summed E-state index contributed by atoms with van der Waals surface area (Å²) in [4.78, 5) is 31.5. The fourth-order valence-corrected chi connectivity index (χ4v) is 7.52. The predicted molar refractivity (Wildman–Crippen MR) is 147 cm³/mol. The van der Waals surface area contributed by atoms with Crippen LogP contribution in [0.15, 0.2) is 24.5 Å². The Hall–Kier alpha value is -2.62. The summed E-state index contributed by atoms with van der Waals surface area (Å²) < 4.78 is 7.79. The zero-order valence-corrected chi connectivity index (χ0v) is 23.0. The number of amides is 2. The molecule has 2 aliphatic rings. The average Bonchev–Trinajstić information content (AvgIpc) is 3.54. The van der Waals surface area contributed by atoms with Crippen molar-refractivity contribution in [1.29, 1.82) is 0 Å². The molecular formula is C27H34N4O3S2. The molecule has 2 N–H and O–H groups in total. The molecule has 36 heavy (non-hydrogen) atoms. The SMILES string of the molecule is CCN1CCc2c(sc(-n3cccc3)c2NC(=O)Nc2sc3c(c2C(=O)OC(C)(C)C)CCCC3)C1. The highest BCUT2D eigenvalue weighted by atomic mass is 32.1. The fourth-order valence-electron chi connectivity index (χ4n) is 4.94.